The molecule has 4 heteroatoms. The van der Waals surface area contributed by atoms with Crippen LogP contribution in [0.2, 0.25) is 0 Å². The number of aromatic amines is 1. The number of hydrogen-bond acceptors (Lipinski definition) is 3. The zero-order valence-corrected chi connectivity index (χ0v) is 21.0. The first kappa shape index (κ1) is 22.5. The standard InChI is InChI=1S/C30H34N2O2/c1-28(2,3)25-17-19(26(34)22-12-8-10-14-24(22)33)18-32-16-15-21-20-11-7-9-13-23(20)31-27(21)30(25,32)29(4,5)6/h7-14,17-18,31,33H,15-16H2,1-6H3. The highest BCUT2D eigenvalue weighted by Gasteiger charge is 2.57. The van der Waals surface area contributed by atoms with Gasteiger partial charge in [0.1, 0.15) is 11.3 Å². The first-order valence-electron chi connectivity index (χ1n) is 12.1. The molecule has 3 heterocycles. The molecule has 1 aromatic heterocycles. The Hall–Kier alpha value is -3.27. The third kappa shape index (κ3) is 3.08. The van der Waals surface area contributed by atoms with Gasteiger partial charge in [0, 0.05) is 29.2 Å². The van der Waals surface area contributed by atoms with E-state index in [1.165, 1.54) is 22.2 Å². The van der Waals surface area contributed by atoms with Crippen molar-refractivity contribution in [1.82, 2.24) is 9.88 Å². The van der Waals surface area contributed by atoms with E-state index in [9.17, 15) is 9.90 Å². The molecule has 1 atom stereocenters. The first-order valence-corrected chi connectivity index (χ1v) is 12.1. The number of aromatic hydroxyl groups is 1. The van der Waals surface area contributed by atoms with Crippen LogP contribution in [-0.2, 0) is 12.0 Å². The van der Waals surface area contributed by atoms with E-state index in [-0.39, 0.29) is 22.4 Å². The second-order valence-corrected chi connectivity index (χ2v) is 11.7. The number of hydrogen-bond donors (Lipinski definition) is 2. The lowest BCUT2D eigenvalue weighted by Crippen LogP contribution is -2.60. The van der Waals surface area contributed by atoms with Gasteiger partial charge >= 0.3 is 0 Å². The van der Waals surface area contributed by atoms with Crippen molar-refractivity contribution in [2.24, 2.45) is 10.8 Å². The van der Waals surface area contributed by atoms with Gasteiger partial charge in [0.15, 0.2) is 5.78 Å². The van der Waals surface area contributed by atoms with E-state index >= 15 is 0 Å². The number of phenols is 1. The van der Waals surface area contributed by atoms with E-state index in [2.05, 4.69) is 81.8 Å². The number of benzene rings is 2. The minimum atomic E-state index is -0.430. The lowest BCUT2D eigenvalue weighted by molar-refractivity contribution is 0.0247. The Morgan fingerprint density at radius 3 is 2.35 bits per heavy atom. The predicted molar refractivity (Wildman–Crippen MR) is 138 cm³/mol. The molecule has 0 fully saturated rings. The Kier molecular flexibility index (Phi) is 4.88. The molecule has 2 aromatic carbocycles. The van der Waals surface area contributed by atoms with Crippen LogP contribution in [0.3, 0.4) is 0 Å². The van der Waals surface area contributed by atoms with Crippen LogP contribution in [-0.4, -0.2) is 27.3 Å². The number of nitrogens with one attached hydrogen (secondary N) is 1. The monoisotopic (exact) mass is 454 g/mol. The summed E-state index contributed by atoms with van der Waals surface area (Å²) < 4.78 is 0. The van der Waals surface area contributed by atoms with Gasteiger partial charge < -0.3 is 15.0 Å². The van der Waals surface area contributed by atoms with Crippen LogP contribution in [0.1, 0.15) is 63.2 Å². The van der Waals surface area contributed by atoms with Gasteiger partial charge in [0.25, 0.3) is 0 Å². The van der Waals surface area contributed by atoms with Gasteiger partial charge in [-0.15, -0.1) is 0 Å². The van der Waals surface area contributed by atoms with Crippen molar-refractivity contribution in [2.75, 3.05) is 6.54 Å². The molecule has 0 radical (unpaired) electrons. The van der Waals surface area contributed by atoms with Crippen molar-refractivity contribution in [3.8, 4) is 5.75 Å². The molecule has 0 bridgehead atoms. The van der Waals surface area contributed by atoms with Crippen molar-refractivity contribution in [2.45, 2.75) is 53.5 Å². The third-order valence-electron chi connectivity index (χ3n) is 7.50. The highest BCUT2D eigenvalue weighted by atomic mass is 16.3. The lowest BCUT2D eigenvalue weighted by Gasteiger charge is -2.59. The van der Waals surface area contributed by atoms with Crippen LogP contribution in [0, 0.1) is 10.8 Å². The Morgan fingerprint density at radius 2 is 1.68 bits per heavy atom. The molecule has 0 aliphatic carbocycles. The van der Waals surface area contributed by atoms with Gasteiger partial charge in [-0.25, -0.2) is 0 Å². The van der Waals surface area contributed by atoms with Crippen molar-refractivity contribution in [3.05, 3.63) is 88.8 Å². The van der Waals surface area contributed by atoms with E-state index < -0.39 is 5.54 Å². The van der Waals surface area contributed by atoms with Gasteiger partial charge in [0.2, 0.25) is 0 Å². The number of para-hydroxylation sites is 2. The average molecular weight is 455 g/mol. The molecule has 0 saturated carbocycles. The van der Waals surface area contributed by atoms with Gasteiger partial charge in [0.05, 0.1) is 11.3 Å². The average Bonchev–Trinajstić information content (AvgIpc) is 3.16. The number of fused-ring (bicyclic) bond motifs is 5. The van der Waals surface area contributed by atoms with Crippen molar-refractivity contribution in [3.63, 3.8) is 0 Å². The number of carbonyl (C=O) groups excluding carboxylic acids is 1. The van der Waals surface area contributed by atoms with E-state index in [0.29, 0.717) is 11.1 Å². The number of carbonyl (C=O) groups is 1. The maximum Gasteiger partial charge on any atom is 0.198 e. The fraction of sp³-hybridized carbons (Fsp3) is 0.367. The second kappa shape index (κ2) is 7.36. The summed E-state index contributed by atoms with van der Waals surface area (Å²) in [5.74, 6) is -0.131. The summed E-state index contributed by atoms with van der Waals surface area (Å²) >= 11 is 0. The maximum atomic E-state index is 13.6. The van der Waals surface area contributed by atoms with Gasteiger partial charge in [-0.05, 0) is 52.7 Å². The van der Waals surface area contributed by atoms with E-state index in [1.807, 2.05) is 6.20 Å². The SMILES string of the molecule is CC(C)(C)C1=CC(C(=O)c2ccccc2O)=CN2CCc3c([nH]c4ccccc34)C12C(C)(C)C. The lowest BCUT2D eigenvalue weighted by atomic mass is 9.57. The number of Topliss-reactive ketones (excluding diaryl/α,β-unsaturated/α-hetero) is 1. The molecule has 5 rings (SSSR count). The number of allylic oxidation sites excluding steroid dienone is 2. The smallest absolute Gasteiger partial charge is 0.198 e. The molecule has 3 aromatic rings. The molecular weight excluding hydrogens is 420 g/mol. The summed E-state index contributed by atoms with van der Waals surface area (Å²) in [7, 11) is 0. The molecule has 34 heavy (non-hydrogen) atoms. The quantitative estimate of drug-likeness (QED) is 0.422. The fourth-order valence-corrected chi connectivity index (χ4v) is 6.14. The molecule has 1 unspecified atom stereocenters. The molecule has 4 nitrogen and oxygen atoms in total. The number of H-pyrrole nitrogens is 1. The Labute approximate surface area is 202 Å². The molecule has 2 aliphatic rings. The second-order valence-electron chi connectivity index (χ2n) is 11.7. The number of nitrogens with zero attached hydrogens (tertiary/aromatic N) is 1. The molecule has 0 saturated heterocycles. The topological polar surface area (TPSA) is 56.3 Å². The molecule has 2 N–H and O–H groups in total. The zero-order valence-electron chi connectivity index (χ0n) is 21.0. The van der Waals surface area contributed by atoms with E-state index in [0.717, 1.165) is 18.5 Å². The summed E-state index contributed by atoms with van der Waals surface area (Å²) in [5.41, 5.74) is 5.14. The van der Waals surface area contributed by atoms with Crippen LogP contribution in [0.4, 0.5) is 0 Å². The minimum Gasteiger partial charge on any atom is -0.507 e. The zero-order chi connectivity index (χ0) is 24.5. The van der Waals surface area contributed by atoms with Gasteiger partial charge in [-0.3, -0.25) is 4.79 Å². The number of aromatic nitrogens is 1. The molecule has 0 amide bonds. The highest BCUT2D eigenvalue weighted by Crippen LogP contribution is 2.59. The summed E-state index contributed by atoms with van der Waals surface area (Å²) in [6.07, 6.45) is 5.03. The van der Waals surface area contributed by atoms with E-state index in [4.69, 9.17) is 0 Å². The van der Waals surface area contributed by atoms with Crippen molar-refractivity contribution in [1.29, 1.82) is 0 Å². The summed E-state index contributed by atoms with van der Waals surface area (Å²) in [6, 6.07) is 15.4. The number of ketones is 1. The predicted octanol–water partition coefficient (Wildman–Crippen LogP) is 6.73. The first-order chi connectivity index (χ1) is 16.0. The Balaban J connectivity index is 1.79. The van der Waals surface area contributed by atoms with Crippen LogP contribution in [0.15, 0.2) is 72.0 Å². The van der Waals surface area contributed by atoms with Crippen molar-refractivity contribution < 1.29 is 9.90 Å². The van der Waals surface area contributed by atoms with Crippen LogP contribution in [0.5, 0.6) is 5.75 Å². The summed E-state index contributed by atoms with van der Waals surface area (Å²) in [5, 5.41) is 11.7. The highest BCUT2D eigenvalue weighted by molar-refractivity contribution is 6.12. The fourth-order valence-electron chi connectivity index (χ4n) is 6.14. The van der Waals surface area contributed by atoms with Crippen LogP contribution in [0.25, 0.3) is 10.9 Å². The van der Waals surface area contributed by atoms with Crippen LogP contribution >= 0.6 is 0 Å². The summed E-state index contributed by atoms with van der Waals surface area (Å²) in [4.78, 5) is 19.8. The Bertz CT molecular complexity index is 1360. The van der Waals surface area contributed by atoms with Crippen LogP contribution < -0.4 is 0 Å². The third-order valence-corrected chi connectivity index (χ3v) is 7.50. The normalized spacial score (nSPS) is 20.5. The summed E-state index contributed by atoms with van der Waals surface area (Å²) in [6.45, 7) is 14.4. The number of rotatable bonds is 2. The minimum absolute atomic E-state index is 0.0170. The molecular formula is C30H34N2O2. The molecule has 176 valence electrons. The van der Waals surface area contributed by atoms with Gasteiger partial charge in [-0.1, -0.05) is 71.9 Å². The largest absolute Gasteiger partial charge is 0.507 e. The van der Waals surface area contributed by atoms with Gasteiger partial charge in [-0.2, -0.15) is 0 Å². The molecule has 0 spiro atoms. The maximum absolute atomic E-state index is 13.6. The Morgan fingerprint density at radius 1 is 1.00 bits per heavy atom. The number of phenolic OH excluding ortho intramolecular Hbond substituents is 1. The van der Waals surface area contributed by atoms with E-state index in [1.54, 1.807) is 24.3 Å². The molecule has 2 aliphatic heterocycles. The van der Waals surface area contributed by atoms with Crippen molar-refractivity contribution >= 4 is 16.7 Å².